The Morgan fingerprint density at radius 2 is 2.04 bits per heavy atom. The lowest BCUT2D eigenvalue weighted by Crippen LogP contribution is -2.39. The number of aliphatic imine (C=N–C) groups is 1. The summed E-state index contributed by atoms with van der Waals surface area (Å²) in [5.74, 6) is 1.58. The van der Waals surface area contributed by atoms with Crippen molar-refractivity contribution in [1.29, 1.82) is 0 Å². The van der Waals surface area contributed by atoms with Crippen LogP contribution in [0.3, 0.4) is 0 Å². The second-order valence-electron chi connectivity index (χ2n) is 5.80. The highest BCUT2D eigenvalue weighted by atomic mass is 127. The molecule has 0 bridgehead atoms. The van der Waals surface area contributed by atoms with E-state index in [4.69, 9.17) is 16.3 Å². The number of guanidine groups is 1. The Morgan fingerprint density at radius 1 is 1.31 bits per heavy atom. The van der Waals surface area contributed by atoms with Gasteiger partial charge in [-0.25, -0.2) is 4.99 Å². The summed E-state index contributed by atoms with van der Waals surface area (Å²) in [4.78, 5) is 4.59. The highest BCUT2D eigenvalue weighted by molar-refractivity contribution is 14.0. The third-order valence-corrected chi connectivity index (χ3v) is 3.72. The molecule has 26 heavy (non-hydrogen) atoms. The maximum absolute atomic E-state index is 5.88. The minimum absolute atomic E-state index is 0. The van der Waals surface area contributed by atoms with E-state index < -0.39 is 0 Å². The van der Waals surface area contributed by atoms with Crippen molar-refractivity contribution >= 4 is 41.5 Å². The number of benzene rings is 1. The predicted octanol–water partition coefficient (Wildman–Crippen LogP) is 3.26. The molecular formula is C18H27ClIN5O. The number of hydrogen-bond donors (Lipinski definition) is 2. The van der Waals surface area contributed by atoms with E-state index in [2.05, 4.69) is 20.7 Å². The van der Waals surface area contributed by atoms with E-state index >= 15 is 0 Å². The van der Waals surface area contributed by atoms with Crippen LogP contribution >= 0.6 is 35.6 Å². The normalized spacial score (nSPS) is 12.2. The van der Waals surface area contributed by atoms with Crippen LogP contribution in [0.5, 0.6) is 5.75 Å². The van der Waals surface area contributed by atoms with Gasteiger partial charge < -0.3 is 15.4 Å². The molecule has 2 N–H and O–H groups in total. The van der Waals surface area contributed by atoms with Gasteiger partial charge in [0.2, 0.25) is 0 Å². The molecule has 0 spiro atoms. The zero-order valence-corrected chi connectivity index (χ0v) is 18.5. The molecule has 2 rings (SSSR count). The predicted molar refractivity (Wildman–Crippen MR) is 118 cm³/mol. The largest absolute Gasteiger partial charge is 0.489 e. The number of nitrogens with one attached hydrogen (secondary N) is 2. The van der Waals surface area contributed by atoms with E-state index in [0.29, 0.717) is 11.6 Å². The average Bonchev–Trinajstić information content (AvgIpc) is 3.00. The van der Waals surface area contributed by atoms with Crippen LogP contribution in [0.25, 0.3) is 0 Å². The molecule has 0 aliphatic heterocycles. The van der Waals surface area contributed by atoms with Gasteiger partial charge in [-0.05, 0) is 50.1 Å². The van der Waals surface area contributed by atoms with Crippen LogP contribution in [0.1, 0.15) is 19.4 Å². The number of nitrogens with zero attached hydrogens (tertiary/aromatic N) is 3. The van der Waals surface area contributed by atoms with Crippen molar-refractivity contribution in [2.24, 2.45) is 12.0 Å². The van der Waals surface area contributed by atoms with Crippen LogP contribution in [0.4, 0.5) is 0 Å². The molecule has 0 aliphatic rings. The van der Waals surface area contributed by atoms with Gasteiger partial charge in [-0.15, -0.1) is 24.0 Å². The molecular weight excluding hydrogens is 465 g/mol. The summed E-state index contributed by atoms with van der Waals surface area (Å²) < 4.78 is 7.65. The quantitative estimate of drug-likeness (QED) is 0.338. The fraction of sp³-hybridized carbons (Fsp3) is 0.444. The van der Waals surface area contributed by atoms with E-state index in [-0.39, 0.29) is 30.1 Å². The number of aromatic nitrogens is 2. The Balaban J connectivity index is 0.00000338. The van der Waals surface area contributed by atoms with Crippen molar-refractivity contribution in [2.75, 3.05) is 19.6 Å². The summed E-state index contributed by atoms with van der Waals surface area (Å²) in [6, 6.07) is 7.35. The monoisotopic (exact) mass is 491 g/mol. The smallest absolute Gasteiger partial charge is 0.191 e. The van der Waals surface area contributed by atoms with Gasteiger partial charge in [0, 0.05) is 31.4 Å². The first kappa shape index (κ1) is 22.6. The lowest BCUT2D eigenvalue weighted by Gasteiger charge is -2.15. The Labute approximate surface area is 177 Å². The van der Waals surface area contributed by atoms with Crippen LogP contribution in [0, 0.1) is 0 Å². The van der Waals surface area contributed by atoms with Crippen LogP contribution in [0.15, 0.2) is 41.7 Å². The minimum Gasteiger partial charge on any atom is -0.489 e. The van der Waals surface area contributed by atoms with Crippen molar-refractivity contribution < 1.29 is 4.74 Å². The van der Waals surface area contributed by atoms with E-state index in [1.54, 1.807) is 0 Å². The van der Waals surface area contributed by atoms with Crippen molar-refractivity contribution in [1.82, 2.24) is 20.4 Å². The molecule has 0 amide bonds. The van der Waals surface area contributed by atoms with Crippen molar-refractivity contribution in [2.45, 2.75) is 26.4 Å². The fourth-order valence-corrected chi connectivity index (χ4v) is 2.40. The van der Waals surface area contributed by atoms with E-state index in [9.17, 15) is 0 Å². The number of aryl methyl sites for hydroxylation is 1. The van der Waals surface area contributed by atoms with Gasteiger partial charge >= 0.3 is 0 Å². The molecule has 1 unspecified atom stereocenters. The Morgan fingerprint density at radius 3 is 2.65 bits per heavy atom. The van der Waals surface area contributed by atoms with Gasteiger partial charge in [0.15, 0.2) is 5.96 Å². The number of rotatable bonds is 8. The summed E-state index contributed by atoms with van der Waals surface area (Å²) >= 11 is 5.88. The molecule has 0 saturated carbocycles. The molecule has 144 valence electrons. The van der Waals surface area contributed by atoms with Crippen molar-refractivity contribution in [3.63, 3.8) is 0 Å². The molecule has 2 aromatic rings. The summed E-state index contributed by atoms with van der Waals surface area (Å²) in [7, 11) is 1.92. The van der Waals surface area contributed by atoms with Gasteiger partial charge in [0.25, 0.3) is 0 Å². The standard InChI is InChI=1S/C18H26ClN5O.HI/c1-4-20-18(21-10-9-15-12-23-24(3)13-15)22-11-14(2)25-17-7-5-16(19)6-8-17;/h5-8,12-14H,4,9-11H2,1-3H3,(H2,20,21,22);1H. The van der Waals surface area contributed by atoms with E-state index in [0.717, 1.165) is 31.2 Å². The van der Waals surface area contributed by atoms with Gasteiger partial charge in [0.05, 0.1) is 12.7 Å². The third-order valence-electron chi connectivity index (χ3n) is 3.47. The minimum atomic E-state index is -0.0324. The number of ether oxygens (including phenoxy) is 1. The van der Waals surface area contributed by atoms with Gasteiger partial charge in [-0.2, -0.15) is 5.10 Å². The molecule has 1 aromatic heterocycles. The van der Waals surface area contributed by atoms with Crippen LogP contribution in [-0.2, 0) is 13.5 Å². The van der Waals surface area contributed by atoms with E-state index in [1.807, 2.05) is 62.2 Å². The summed E-state index contributed by atoms with van der Waals surface area (Å²) in [5.41, 5.74) is 1.20. The van der Waals surface area contributed by atoms with Gasteiger partial charge in [-0.3, -0.25) is 4.68 Å². The maximum atomic E-state index is 5.88. The second kappa shape index (κ2) is 12.0. The first-order chi connectivity index (χ1) is 12.1. The average molecular weight is 492 g/mol. The van der Waals surface area contributed by atoms with Gasteiger partial charge in [-0.1, -0.05) is 11.6 Å². The first-order valence-corrected chi connectivity index (χ1v) is 8.86. The van der Waals surface area contributed by atoms with Gasteiger partial charge in [0.1, 0.15) is 11.9 Å². The lowest BCUT2D eigenvalue weighted by molar-refractivity contribution is 0.230. The first-order valence-electron chi connectivity index (χ1n) is 8.48. The topological polar surface area (TPSA) is 63.5 Å². The Bertz CT molecular complexity index is 674. The zero-order chi connectivity index (χ0) is 18.1. The summed E-state index contributed by atoms with van der Waals surface area (Å²) in [5, 5.41) is 11.5. The molecule has 0 saturated heterocycles. The zero-order valence-electron chi connectivity index (χ0n) is 15.4. The second-order valence-corrected chi connectivity index (χ2v) is 6.24. The lowest BCUT2D eigenvalue weighted by atomic mass is 10.2. The molecule has 1 aromatic carbocycles. The van der Waals surface area contributed by atoms with Crippen LogP contribution in [-0.4, -0.2) is 41.5 Å². The molecule has 8 heteroatoms. The van der Waals surface area contributed by atoms with Crippen molar-refractivity contribution in [3.8, 4) is 5.75 Å². The highest BCUT2D eigenvalue weighted by Gasteiger charge is 2.05. The molecule has 0 aliphatic carbocycles. The van der Waals surface area contributed by atoms with E-state index in [1.165, 1.54) is 5.56 Å². The van der Waals surface area contributed by atoms with Crippen molar-refractivity contribution in [3.05, 3.63) is 47.2 Å². The fourth-order valence-electron chi connectivity index (χ4n) is 2.27. The summed E-state index contributed by atoms with van der Waals surface area (Å²) in [6.45, 7) is 6.21. The Hall–Kier alpha value is -1.48. The molecule has 0 radical (unpaired) electrons. The SMILES string of the molecule is CCNC(=NCC(C)Oc1ccc(Cl)cc1)NCCc1cnn(C)c1.I. The highest BCUT2D eigenvalue weighted by Crippen LogP contribution is 2.16. The number of hydrogen-bond acceptors (Lipinski definition) is 3. The van der Waals surface area contributed by atoms with Crippen LogP contribution < -0.4 is 15.4 Å². The molecule has 1 atom stereocenters. The summed E-state index contributed by atoms with van der Waals surface area (Å²) in [6.07, 6.45) is 4.77. The molecule has 6 nitrogen and oxygen atoms in total. The van der Waals surface area contributed by atoms with Crippen LogP contribution in [0.2, 0.25) is 5.02 Å². The third kappa shape index (κ3) is 8.27. The Kier molecular flexibility index (Phi) is 10.4. The number of halogens is 2. The maximum Gasteiger partial charge on any atom is 0.191 e. The molecule has 0 fully saturated rings. The molecule has 1 heterocycles.